The van der Waals surface area contributed by atoms with Crippen LogP contribution in [0.25, 0.3) is 21.9 Å². The maximum atomic E-state index is 9.57. The van der Waals surface area contributed by atoms with Crippen molar-refractivity contribution in [1.29, 1.82) is 5.26 Å². The predicted molar refractivity (Wildman–Crippen MR) is 104 cm³/mol. The zero-order chi connectivity index (χ0) is 18.1. The molecule has 6 heteroatoms. The number of nitriles is 1. The van der Waals surface area contributed by atoms with Crippen LogP contribution in [0.3, 0.4) is 0 Å². The van der Waals surface area contributed by atoms with E-state index in [2.05, 4.69) is 29.8 Å². The number of hydrogen-bond acceptors (Lipinski definition) is 6. The van der Waals surface area contributed by atoms with Gasteiger partial charge in [-0.15, -0.1) is 11.3 Å². The third kappa shape index (κ3) is 3.36. The van der Waals surface area contributed by atoms with Gasteiger partial charge in [0.15, 0.2) is 5.88 Å². The summed E-state index contributed by atoms with van der Waals surface area (Å²) in [5.41, 5.74) is 1.42. The van der Waals surface area contributed by atoms with Gasteiger partial charge in [0.1, 0.15) is 16.8 Å². The number of furan rings is 1. The molecular formula is C20H19N3O2S. The molecule has 1 saturated heterocycles. The molecule has 0 bridgehead atoms. The average Bonchev–Trinajstić information content (AvgIpc) is 3.25. The van der Waals surface area contributed by atoms with Crippen LogP contribution in [0.4, 0.5) is 5.88 Å². The Morgan fingerprint density at radius 1 is 1.23 bits per heavy atom. The molecule has 0 saturated carbocycles. The minimum Gasteiger partial charge on any atom is -0.441 e. The summed E-state index contributed by atoms with van der Waals surface area (Å²) in [6, 6.07) is 14.0. The molecule has 1 aliphatic rings. The minimum atomic E-state index is 0.167. The molecule has 0 spiro atoms. The Hall–Kier alpha value is -2.62. The Kier molecular flexibility index (Phi) is 4.49. The van der Waals surface area contributed by atoms with Crippen molar-refractivity contribution in [3.63, 3.8) is 0 Å². The van der Waals surface area contributed by atoms with Crippen LogP contribution < -0.4 is 4.90 Å². The monoisotopic (exact) mass is 365 g/mol. The Morgan fingerprint density at radius 2 is 2.00 bits per heavy atom. The molecule has 1 aliphatic heterocycles. The number of morpholine rings is 1. The maximum absolute atomic E-state index is 9.57. The number of aromatic nitrogens is 1. The third-order valence-electron chi connectivity index (χ3n) is 4.28. The van der Waals surface area contributed by atoms with Gasteiger partial charge in [0.25, 0.3) is 0 Å². The summed E-state index contributed by atoms with van der Waals surface area (Å²) in [5, 5.41) is 10.3. The lowest BCUT2D eigenvalue weighted by Crippen LogP contribution is -2.45. The van der Waals surface area contributed by atoms with Gasteiger partial charge in [0, 0.05) is 25.2 Å². The van der Waals surface area contributed by atoms with E-state index in [4.69, 9.17) is 9.15 Å². The molecule has 1 aromatic carbocycles. The second kappa shape index (κ2) is 6.94. The topological polar surface area (TPSA) is 62.3 Å². The van der Waals surface area contributed by atoms with Gasteiger partial charge in [0.2, 0.25) is 0 Å². The van der Waals surface area contributed by atoms with E-state index in [-0.39, 0.29) is 12.2 Å². The number of hydrogen-bond donors (Lipinski definition) is 0. The van der Waals surface area contributed by atoms with E-state index in [9.17, 15) is 5.26 Å². The molecule has 0 N–H and O–H groups in total. The lowest BCUT2D eigenvalue weighted by atomic mass is 10.2. The zero-order valence-electron chi connectivity index (χ0n) is 14.7. The van der Waals surface area contributed by atoms with Crippen molar-refractivity contribution in [2.24, 2.45) is 0 Å². The lowest BCUT2D eigenvalue weighted by Gasteiger charge is -2.35. The molecule has 2 unspecified atom stereocenters. The molecule has 132 valence electrons. The molecule has 4 rings (SSSR count). The van der Waals surface area contributed by atoms with Gasteiger partial charge < -0.3 is 14.1 Å². The first-order valence-electron chi connectivity index (χ1n) is 8.60. The molecular weight excluding hydrogens is 346 g/mol. The minimum absolute atomic E-state index is 0.167. The molecule has 2 aromatic heterocycles. The first kappa shape index (κ1) is 16.8. The number of thiazole rings is 1. The van der Waals surface area contributed by atoms with Crippen molar-refractivity contribution in [2.45, 2.75) is 26.1 Å². The van der Waals surface area contributed by atoms with Crippen LogP contribution in [0.15, 0.2) is 40.8 Å². The highest BCUT2D eigenvalue weighted by molar-refractivity contribution is 7.19. The van der Waals surface area contributed by atoms with E-state index in [1.807, 2.05) is 36.4 Å². The smallest absolute Gasteiger partial charge is 0.196 e. The van der Waals surface area contributed by atoms with E-state index >= 15 is 0 Å². The summed E-state index contributed by atoms with van der Waals surface area (Å²) in [5.74, 6) is 1.46. The van der Waals surface area contributed by atoms with Gasteiger partial charge in [-0.2, -0.15) is 5.26 Å². The maximum Gasteiger partial charge on any atom is 0.196 e. The summed E-state index contributed by atoms with van der Waals surface area (Å²) in [6.45, 7) is 5.72. The molecule has 0 aliphatic carbocycles. The summed E-state index contributed by atoms with van der Waals surface area (Å²) < 4.78 is 12.8. The van der Waals surface area contributed by atoms with Crippen LogP contribution in [-0.2, 0) is 4.74 Å². The lowest BCUT2D eigenvalue weighted by molar-refractivity contribution is -0.00641. The number of allylic oxidation sites excluding steroid dienone is 1. The van der Waals surface area contributed by atoms with Crippen LogP contribution in [0.1, 0.15) is 24.6 Å². The largest absolute Gasteiger partial charge is 0.441 e. The van der Waals surface area contributed by atoms with Crippen molar-refractivity contribution >= 4 is 39.1 Å². The fraction of sp³-hybridized carbons (Fsp3) is 0.300. The van der Waals surface area contributed by atoms with Crippen molar-refractivity contribution in [3.05, 3.63) is 47.2 Å². The standard InChI is InChI=1S/C20H19N3O2S/c1-13-11-23(12-14(2)24-13)19-8-7-16(25-19)9-15(10-21)20-22-17-5-3-4-6-18(17)26-20/h3-9,13-14H,11-12H2,1-2H3. The number of benzene rings is 1. The van der Waals surface area contributed by atoms with Crippen molar-refractivity contribution in [2.75, 3.05) is 18.0 Å². The van der Waals surface area contributed by atoms with E-state index in [1.165, 1.54) is 11.3 Å². The van der Waals surface area contributed by atoms with Crippen LogP contribution in [0, 0.1) is 11.3 Å². The number of rotatable bonds is 3. The van der Waals surface area contributed by atoms with Crippen LogP contribution in [0.2, 0.25) is 0 Å². The molecule has 3 aromatic rings. The van der Waals surface area contributed by atoms with Crippen molar-refractivity contribution in [1.82, 2.24) is 4.98 Å². The number of ether oxygens (including phenoxy) is 1. The van der Waals surface area contributed by atoms with Gasteiger partial charge in [-0.25, -0.2) is 4.98 Å². The van der Waals surface area contributed by atoms with Crippen molar-refractivity contribution < 1.29 is 9.15 Å². The number of fused-ring (bicyclic) bond motifs is 1. The summed E-state index contributed by atoms with van der Waals surface area (Å²) >= 11 is 1.51. The van der Waals surface area contributed by atoms with Crippen LogP contribution in [0.5, 0.6) is 0 Å². The number of para-hydroxylation sites is 1. The average molecular weight is 365 g/mol. The summed E-state index contributed by atoms with van der Waals surface area (Å²) in [6.07, 6.45) is 2.09. The molecule has 5 nitrogen and oxygen atoms in total. The summed E-state index contributed by atoms with van der Waals surface area (Å²) in [7, 11) is 0. The van der Waals surface area contributed by atoms with E-state index in [1.54, 1.807) is 6.08 Å². The Labute approximate surface area is 156 Å². The molecule has 1 fully saturated rings. The molecule has 3 heterocycles. The fourth-order valence-corrected chi connectivity index (χ4v) is 4.15. The van der Waals surface area contributed by atoms with E-state index < -0.39 is 0 Å². The zero-order valence-corrected chi connectivity index (χ0v) is 15.5. The Bertz CT molecular complexity index is 955. The van der Waals surface area contributed by atoms with Crippen molar-refractivity contribution in [3.8, 4) is 6.07 Å². The van der Waals surface area contributed by atoms with Gasteiger partial charge in [-0.3, -0.25) is 0 Å². The van der Waals surface area contributed by atoms with Gasteiger partial charge in [0.05, 0.1) is 28.0 Å². The van der Waals surface area contributed by atoms with Gasteiger partial charge in [-0.05, 0) is 32.0 Å². The number of anilines is 1. The SMILES string of the molecule is CC1CN(c2ccc(C=C(C#N)c3nc4ccccc4s3)o2)CC(C)O1. The first-order chi connectivity index (χ1) is 12.6. The molecule has 0 radical (unpaired) electrons. The molecule has 26 heavy (non-hydrogen) atoms. The van der Waals surface area contributed by atoms with E-state index in [0.717, 1.165) is 29.2 Å². The summed E-state index contributed by atoms with van der Waals surface area (Å²) in [4.78, 5) is 6.74. The molecule has 0 amide bonds. The second-order valence-electron chi connectivity index (χ2n) is 6.49. The highest BCUT2D eigenvalue weighted by atomic mass is 32.1. The molecule has 2 atom stereocenters. The Balaban J connectivity index is 1.61. The quantitative estimate of drug-likeness (QED) is 0.636. The predicted octanol–water partition coefficient (Wildman–Crippen LogP) is 4.57. The van der Waals surface area contributed by atoms with Crippen LogP contribution in [-0.4, -0.2) is 30.3 Å². The van der Waals surface area contributed by atoms with Gasteiger partial charge in [-0.1, -0.05) is 12.1 Å². The first-order valence-corrected chi connectivity index (χ1v) is 9.42. The van der Waals surface area contributed by atoms with Gasteiger partial charge >= 0.3 is 0 Å². The highest BCUT2D eigenvalue weighted by Crippen LogP contribution is 2.29. The highest BCUT2D eigenvalue weighted by Gasteiger charge is 2.24. The normalized spacial score (nSPS) is 21.1. The van der Waals surface area contributed by atoms with Crippen LogP contribution >= 0.6 is 11.3 Å². The Morgan fingerprint density at radius 3 is 2.73 bits per heavy atom. The number of nitrogens with zero attached hydrogens (tertiary/aromatic N) is 3. The second-order valence-corrected chi connectivity index (χ2v) is 7.53. The van der Waals surface area contributed by atoms with E-state index in [0.29, 0.717) is 16.3 Å². The fourth-order valence-electron chi connectivity index (χ4n) is 3.22. The third-order valence-corrected chi connectivity index (χ3v) is 5.34.